The zero-order valence-corrected chi connectivity index (χ0v) is 9.16. The summed E-state index contributed by atoms with van der Waals surface area (Å²) in [6.07, 6.45) is 1.92. The average Bonchev–Trinajstić information content (AvgIpc) is 2.46. The van der Waals surface area contributed by atoms with Crippen molar-refractivity contribution >= 4 is 5.96 Å². The summed E-state index contributed by atoms with van der Waals surface area (Å²) in [5.74, 6) is 0.580. The molecule has 0 saturated heterocycles. The van der Waals surface area contributed by atoms with E-state index in [0.29, 0.717) is 19.0 Å². The molecule has 0 spiro atoms. The quantitative estimate of drug-likeness (QED) is 0.671. The fourth-order valence-corrected chi connectivity index (χ4v) is 1.71. The Kier molecular flexibility index (Phi) is 3.16. The summed E-state index contributed by atoms with van der Waals surface area (Å²) >= 11 is 0. The summed E-state index contributed by atoms with van der Waals surface area (Å²) < 4.78 is 5.36. The van der Waals surface area contributed by atoms with E-state index >= 15 is 0 Å². The van der Waals surface area contributed by atoms with Gasteiger partial charge in [-0.3, -0.25) is 4.99 Å². The number of nitrogens with two attached hydrogens (primary N) is 1. The molecule has 0 saturated carbocycles. The molecule has 14 heavy (non-hydrogen) atoms. The van der Waals surface area contributed by atoms with Crippen molar-refractivity contribution in [3.8, 4) is 0 Å². The van der Waals surface area contributed by atoms with E-state index in [4.69, 9.17) is 10.5 Å². The van der Waals surface area contributed by atoms with Gasteiger partial charge in [-0.05, 0) is 13.8 Å². The summed E-state index contributed by atoms with van der Waals surface area (Å²) in [6.45, 7) is 9.24. The topological polar surface area (TPSA) is 50.8 Å². The second-order valence-electron chi connectivity index (χ2n) is 3.81. The average molecular weight is 197 g/mol. The van der Waals surface area contributed by atoms with Crippen molar-refractivity contribution in [3.05, 3.63) is 12.7 Å². The number of hydrogen-bond acceptors (Lipinski definition) is 4. The zero-order chi connectivity index (χ0) is 10.8. The lowest BCUT2D eigenvalue weighted by Gasteiger charge is -2.39. The number of nitrogens with zero attached hydrogens (tertiary/aromatic N) is 2. The molecule has 4 nitrogen and oxygen atoms in total. The molecule has 0 fully saturated rings. The standard InChI is InChI=1S/C10H19N3O/c1-5-6-13-9(11)12-7-10(13,3)8(2)14-4/h5,8H,1,6-7H2,2-4H3,(H2,11,12). The lowest BCUT2D eigenvalue weighted by Crippen LogP contribution is -2.56. The van der Waals surface area contributed by atoms with Gasteiger partial charge in [0.1, 0.15) is 0 Å². The molecule has 0 aliphatic carbocycles. The smallest absolute Gasteiger partial charge is 0.192 e. The highest BCUT2D eigenvalue weighted by Crippen LogP contribution is 2.26. The minimum absolute atomic E-state index is 0.0900. The first-order chi connectivity index (χ1) is 6.56. The third-order valence-electron chi connectivity index (χ3n) is 3.00. The summed E-state index contributed by atoms with van der Waals surface area (Å²) in [7, 11) is 1.70. The molecule has 2 unspecified atom stereocenters. The van der Waals surface area contributed by atoms with Gasteiger partial charge in [0, 0.05) is 13.7 Å². The van der Waals surface area contributed by atoms with E-state index in [-0.39, 0.29) is 11.6 Å². The SMILES string of the molecule is C=CCN1C(N)=NCC1(C)C(C)OC. The van der Waals surface area contributed by atoms with Crippen molar-refractivity contribution in [1.29, 1.82) is 0 Å². The van der Waals surface area contributed by atoms with E-state index < -0.39 is 0 Å². The van der Waals surface area contributed by atoms with Crippen LogP contribution in [0.3, 0.4) is 0 Å². The molecule has 2 atom stereocenters. The number of ether oxygens (including phenoxy) is 1. The summed E-state index contributed by atoms with van der Waals surface area (Å²) in [6, 6.07) is 0. The first-order valence-electron chi connectivity index (χ1n) is 4.77. The van der Waals surface area contributed by atoms with Crippen LogP contribution in [-0.2, 0) is 4.74 Å². The van der Waals surface area contributed by atoms with Crippen LogP contribution in [0.1, 0.15) is 13.8 Å². The number of methoxy groups -OCH3 is 1. The van der Waals surface area contributed by atoms with Gasteiger partial charge in [-0.15, -0.1) is 6.58 Å². The van der Waals surface area contributed by atoms with Crippen molar-refractivity contribution in [1.82, 2.24) is 4.90 Å². The molecule has 1 aliphatic heterocycles. The number of rotatable bonds is 4. The summed E-state index contributed by atoms with van der Waals surface area (Å²) in [4.78, 5) is 6.29. The molecule has 0 bridgehead atoms. The number of hydrogen-bond donors (Lipinski definition) is 1. The maximum atomic E-state index is 5.81. The van der Waals surface area contributed by atoms with E-state index in [1.807, 2.05) is 17.9 Å². The Hall–Kier alpha value is -1.03. The highest BCUT2D eigenvalue weighted by Gasteiger charge is 2.42. The third kappa shape index (κ3) is 1.62. The van der Waals surface area contributed by atoms with Gasteiger partial charge in [0.15, 0.2) is 5.96 Å². The predicted molar refractivity (Wildman–Crippen MR) is 58.3 cm³/mol. The maximum absolute atomic E-state index is 5.81. The van der Waals surface area contributed by atoms with Crippen molar-refractivity contribution < 1.29 is 4.74 Å². The Morgan fingerprint density at radius 3 is 3.00 bits per heavy atom. The lowest BCUT2D eigenvalue weighted by atomic mass is 9.95. The molecule has 0 radical (unpaired) electrons. The van der Waals surface area contributed by atoms with Gasteiger partial charge < -0.3 is 15.4 Å². The number of aliphatic imine (C=N–C) groups is 1. The highest BCUT2D eigenvalue weighted by atomic mass is 16.5. The lowest BCUT2D eigenvalue weighted by molar-refractivity contribution is 0.0106. The van der Waals surface area contributed by atoms with Gasteiger partial charge in [-0.25, -0.2) is 0 Å². The van der Waals surface area contributed by atoms with E-state index in [0.717, 1.165) is 0 Å². The van der Waals surface area contributed by atoms with Crippen LogP contribution in [0.25, 0.3) is 0 Å². The second-order valence-corrected chi connectivity index (χ2v) is 3.81. The van der Waals surface area contributed by atoms with Crippen molar-refractivity contribution in [2.45, 2.75) is 25.5 Å². The molecular formula is C10H19N3O. The predicted octanol–water partition coefficient (Wildman–Crippen LogP) is 0.596. The minimum atomic E-state index is -0.146. The van der Waals surface area contributed by atoms with Crippen LogP contribution in [0.2, 0.25) is 0 Å². The van der Waals surface area contributed by atoms with Crippen molar-refractivity contribution in [3.63, 3.8) is 0 Å². The van der Waals surface area contributed by atoms with Crippen molar-refractivity contribution in [2.24, 2.45) is 10.7 Å². The highest BCUT2D eigenvalue weighted by molar-refractivity contribution is 5.81. The van der Waals surface area contributed by atoms with Crippen LogP contribution in [0.5, 0.6) is 0 Å². The zero-order valence-electron chi connectivity index (χ0n) is 9.16. The third-order valence-corrected chi connectivity index (χ3v) is 3.00. The Balaban J connectivity index is 2.84. The molecule has 2 N–H and O–H groups in total. The van der Waals surface area contributed by atoms with Gasteiger partial charge in [0.2, 0.25) is 0 Å². The fourth-order valence-electron chi connectivity index (χ4n) is 1.71. The van der Waals surface area contributed by atoms with Gasteiger partial charge in [0.05, 0.1) is 18.2 Å². The minimum Gasteiger partial charge on any atom is -0.379 e. The first kappa shape index (κ1) is 11.0. The van der Waals surface area contributed by atoms with Gasteiger partial charge >= 0.3 is 0 Å². The fraction of sp³-hybridized carbons (Fsp3) is 0.700. The van der Waals surface area contributed by atoms with Gasteiger partial charge in [0.25, 0.3) is 0 Å². The molecule has 0 aromatic rings. The normalized spacial score (nSPS) is 28.8. The Labute approximate surface area is 85.4 Å². The maximum Gasteiger partial charge on any atom is 0.192 e. The first-order valence-corrected chi connectivity index (χ1v) is 4.77. The summed E-state index contributed by atoms with van der Waals surface area (Å²) in [5.41, 5.74) is 5.66. The Morgan fingerprint density at radius 1 is 1.86 bits per heavy atom. The van der Waals surface area contributed by atoms with Crippen LogP contribution in [0, 0.1) is 0 Å². The van der Waals surface area contributed by atoms with Crippen molar-refractivity contribution in [2.75, 3.05) is 20.2 Å². The monoisotopic (exact) mass is 197 g/mol. The van der Waals surface area contributed by atoms with Crippen LogP contribution in [0.4, 0.5) is 0 Å². The van der Waals surface area contributed by atoms with E-state index in [2.05, 4.69) is 18.5 Å². The molecule has 0 aromatic heterocycles. The van der Waals surface area contributed by atoms with E-state index in [9.17, 15) is 0 Å². The summed E-state index contributed by atoms with van der Waals surface area (Å²) in [5, 5.41) is 0. The van der Waals surface area contributed by atoms with Crippen LogP contribution < -0.4 is 5.73 Å². The Morgan fingerprint density at radius 2 is 2.50 bits per heavy atom. The van der Waals surface area contributed by atoms with Crippen LogP contribution in [0.15, 0.2) is 17.6 Å². The molecule has 80 valence electrons. The second kappa shape index (κ2) is 4.00. The van der Waals surface area contributed by atoms with Crippen LogP contribution >= 0.6 is 0 Å². The van der Waals surface area contributed by atoms with Gasteiger partial charge in [-0.1, -0.05) is 6.08 Å². The van der Waals surface area contributed by atoms with E-state index in [1.54, 1.807) is 7.11 Å². The Bertz CT molecular complexity index is 252. The molecule has 4 heteroatoms. The molecule has 1 heterocycles. The van der Waals surface area contributed by atoms with Crippen LogP contribution in [-0.4, -0.2) is 42.7 Å². The largest absolute Gasteiger partial charge is 0.379 e. The molecule has 1 aliphatic rings. The molecule has 0 aromatic carbocycles. The number of guanidine groups is 1. The van der Waals surface area contributed by atoms with E-state index in [1.165, 1.54) is 0 Å². The molecule has 0 amide bonds. The molecule has 1 rings (SSSR count). The molecular weight excluding hydrogens is 178 g/mol. The van der Waals surface area contributed by atoms with Gasteiger partial charge in [-0.2, -0.15) is 0 Å².